The molecule has 9 nitrogen and oxygen atoms in total. The molecule has 0 radical (unpaired) electrons. The van der Waals surface area contributed by atoms with Gasteiger partial charge in [-0.3, -0.25) is 4.79 Å². The van der Waals surface area contributed by atoms with Gasteiger partial charge < -0.3 is 14.8 Å². The van der Waals surface area contributed by atoms with Crippen molar-refractivity contribution < 1.29 is 27.5 Å². The maximum atomic E-state index is 13.1. The van der Waals surface area contributed by atoms with Gasteiger partial charge in [-0.25, -0.2) is 18.2 Å². The van der Waals surface area contributed by atoms with E-state index in [0.29, 0.717) is 41.5 Å². The number of thiazole rings is 1. The molecule has 0 aliphatic carbocycles. The molecule has 1 fully saturated rings. The summed E-state index contributed by atoms with van der Waals surface area (Å²) in [5.41, 5.74) is 1.89. The van der Waals surface area contributed by atoms with Crippen molar-refractivity contribution in [2.45, 2.75) is 17.7 Å². The molecule has 1 aliphatic heterocycles. The van der Waals surface area contributed by atoms with Crippen molar-refractivity contribution in [1.82, 2.24) is 9.29 Å². The Hall–Kier alpha value is -3.28. The maximum absolute atomic E-state index is 13.1. The second-order valence-electron chi connectivity index (χ2n) is 7.97. The minimum absolute atomic E-state index is 0.105. The van der Waals surface area contributed by atoms with Gasteiger partial charge in [0.25, 0.3) is 0 Å². The number of sulfonamides is 1. The molecule has 1 saturated heterocycles. The first-order valence-corrected chi connectivity index (χ1v) is 13.2. The fourth-order valence-electron chi connectivity index (χ4n) is 3.84. The zero-order chi connectivity index (χ0) is 25.0. The molecule has 2 heterocycles. The van der Waals surface area contributed by atoms with Crippen molar-refractivity contribution in [3.8, 4) is 17.0 Å². The number of hydrogen-bond donors (Lipinski definition) is 1. The quantitative estimate of drug-likeness (QED) is 0.478. The zero-order valence-corrected chi connectivity index (χ0v) is 20.9. The van der Waals surface area contributed by atoms with Gasteiger partial charge in [-0.1, -0.05) is 12.1 Å². The first-order chi connectivity index (χ1) is 16.8. The minimum Gasteiger partial charge on any atom is -0.497 e. The second kappa shape index (κ2) is 10.5. The average molecular weight is 516 g/mol. The molecule has 2 aromatic carbocycles. The number of nitrogens with one attached hydrogen (secondary N) is 1. The minimum atomic E-state index is -3.72. The number of esters is 1. The molecule has 0 bridgehead atoms. The molecule has 1 unspecified atom stereocenters. The van der Waals surface area contributed by atoms with E-state index in [2.05, 4.69) is 10.3 Å². The van der Waals surface area contributed by atoms with Crippen LogP contribution in [0, 0.1) is 5.92 Å². The first kappa shape index (κ1) is 24.8. The van der Waals surface area contributed by atoms with Crippen LogP contribution in [0.4, 0.5) is 5.13 Å². The summed E-state index contributed by atoms with van der Waals surface area (Å²) in [6, 6.07) is 13.0. The molecule has 4 rings (SSSR count). The highest BCUT2D eigenvalue weighted by Gasteiger charge is 2.33. The van der Waals surface area contributed by atoms with Crippen molar-refractivity contribution >= 4 is 38.4 Å². The predicted octanol–water partition coefficient (Wildman–Crippen LogP) is 3.64. The lowest BCUT2D eigenvalue weighted by Crippen LogP contribution is -2.43. The summed E-state index contributed by atoms with van der Waals surface area (Å²) in [5.74, 6) is -0.592. The molecule has 1 amide bonds. The molecule has 0 saturated carbocycles. The molecule has 11 heteroatoms. The largest absolute Gasteiger partial charge is 0.497 e. The van der Waals surface area contributed by atoms with Crippen molar-refractivity contribution in [2.75, 3.05) is 32.6 Å². The third kappa shape index (κ3) is 5.53. The van der Waals surface area contributed by atoms with E-state index in [9.17, 15) is 18.0 Å². The van der Waals surface area contributed by atoms with Crippen molar-refractivity contribution in [1.29, 1.82) is 0 Å². The molecule has 35 heavy (non-hydrogen) atoms. The summed E-state index contributed by atoms with van der Waals surface area (Å²) in [4.78, 5) is 29.2. The summed E-state index contributed by atoms with van der Waals surface area (Å²) in [5, 5.41) is 5.06. The van der Waals surface area contributed by atoms with Crippen LogP contribution in [0.2, 0.25) is 0 Å². The van der Waals surface area contributed by atoms with E-state index < -0.39 is 21.9 Å². The number of carbonyl (C=O) groups is 2. The molecule has 1 atom stereocenters. The molecular formula is C24H25N3O6S2. The lowest BCUT2D eigenvalue weighted by molar-refractivity contribution is -0.120. The number of amides is 1. The topological polar surface area (TPSA) is 115 Å². The van der Waals surface area contributed by atoms with E-state index in [1.807, 2.05) is 5.38 Å². The monoisotopic (exact) mass is 515 g/mol. The Kier molecular flexibility index (Phi) is 7.48. The Bertz CT molecular complexity index is 1300. The highest BCUT2D eigenvalue weighted by Crippen LogP contribution is 2.28. The van der Waals surface area contributed by atoms with Gasteiger partial charge in [-0.2, -0.15) is 4.31 Å². The number of piperidine rings is 1. The van der Waals surface area contributed by atoms with E-state index in [1.165, 1.54) is 42.0 Å². The highest BCUT2D eigenvalue weighted by molar-refractivity contribution is 7.89. The fraction of sp³-hybridized carbons (Fsp3) is 0.292. The summed E-state index contributed by atoms with van der Waals surface area (Å²) < 4.78 is 37.3. The van der Waals surface area contributed by atoms with Crippen LogP contribution in [-0.2, 0) is 19.6 Å². The standard InChI is InChI=1S/C24H25N3O6S2/c1-32-19-9-11-20(12-10-19)35(30,31)27-13-3-4-18(14-27)22(28)26-24-25-21(15-34-24)16-5-7-17(8-6-16)23(29)33-2/h5-12,15,18H,3-4,13-14H2,1-2H3,(H,25,26,28). The Labute approximate surface area is 207 Å². The highest BCUT2D eigenvalue weighted by atomic mass is 32.2. The van der Waals surface area contributed by atoms with E-state index in [-0.39, 0.29) is 17.3 Å². The van der Waals surface area contributed by atoms with Gasteiger partial charge in [-0.15, -0.1) is 11.3 Å². The van der Waals surface area contributed by atoms with E-state index in [4.69, 9.17) is 9.47 Å². The lowest BCUT2D eigenvalue weighted by Gasteiger charge is -2.31. The maximum Gasteiger partial charge on any atom is 0.337 e. The van der Waals surface area contributed by atoms with Crippen LogP contribution >= 0.6 is 11.3 Å². The van der Waals surface area contributed by atoms with Crippen LogP contribution in [0.1, 0.15) is 23.2 Å². The van der Waals surface area contributed by atoms with Crippen molar-refractivity contribution in [3.05, 3.63) is 59.5 Å². The van der Waals surface area contributed by atoms with Crippen LogP contribution < -0.4 is 10.1 Å². The van der Waals surface area contributed by atoms with E-state index >= 15 is 0 Å². The van der Waals surface area contributed by atoms with E-state index in [1.54, 1.807) is 36.4 Å². The Morgan fingerprint density at radius 1 is 1.09 bits per heavy atom. The third-order valence-corrected chi connectivity index (χ3v) is 8.43. The number of benzene rings is 2. The zero-order valence-electron chi connectivity index (χ0n) is 19.3. The summed E-state index contributed by atoms with van der Waals surface area (Å²) >= 11 is 1.28. The summed E-state index contributed by atoms with van der Waals surface area (Å²) in [6.45, 7) is 0.467. The van der Waals surface area contributed by atoms with Gasteiger partial charge in [0.2, 0.25) is 15.9 Å². The van der Waals surface area contributed by atoms with Gasteiger partial charge in [-0.05, 0) is 49.2 Å². The van der Waals surface area contributed by atoms with Gasteiger partial charge in [0.1, 0.15) is 5.75 Å². The van der Waals surface area contributed by atoms with Crippen LogP contribution in [0.3, 0.4) is 0 Å². The summed E-state index contributed by atoms with van der Waals surface area (Å²) in [6.07, 6.45) is 1.18. The van der Waals surface area contributed by atoms with E-state index in [0.717, 1.165) is 5.56 Å². The number of hydrogen-bond acceptors (Lipinski definition) is 8. The molecule has 184 valence electrons. The third-order valence-electron chi connectivity index (χ3n) is 5.79. The van der Waals surface area contributed by atoms with Crippen LogP contribution in [0.25, 0.3) is 11.3 Å². The Balaban J connectivity index is 1.41. The van der Waals surface area contributed by atoms with Gasteiger partial charge in [0.15, 0.2) is 5.13 Å². The number of methoxy groups -OCH3 is 2. The van der Waals surface area contributed by atoms with Gasteiger partial charge in [0, 0.05) is 24.0 Å². The number of aromatic nitrogens is 1. The lowest BCUT2D eigenvalue weighted by atomic mass is 9.99. The Morgan fingerprint density at radius 3 is 2.46 bits per heavy atom. The smallest absolute Gasteiger partial charge is 0.337 e. The summed E-state index contributed by atoms with van der Waals surface area (Å²) in [7, 11) is -0.876. The molecule has 1 aromatic heterocycles. The second-order valence-corrected chi connectivity index (χ2v) is 10.8. The van der Waals surface area contributed by atoms with Gasteiger partial charge in [0.05, 0.1) is 36.3 Å². The number of nitrogens with zero attached hydrogens (tertiary/aromatic N) is 2. The van der Waals surface area contributed by atoms with Crippen LogP contribution in [-0.4, -0.2) is 56.9 Å². The number of rotatable bonds is 7. The fourth-order valence-corrected chi connectivity index (χ4v) is 6.08. The molecule has 1 N–H and O–H groups in total. The number of ether oxygens (including phenoxy) is 2. The average Bonchev–Trinajstić information content (AvgIpc) is 3.36. The molecule has 0 spiro atoms. The molecule has 3 aromatic rings. The SMILES string of the molecule is COC(=O)c1ccc(-c2csc(NC(=O)C3CCCN(S(=O)(=O)c4ccc(OC)cc4)C3)n2)cc1. The van der Waals surface area contributed by atoms with Crippen LogP contribution in [0.15, 0.2) is 58.8 Å². The van der Waals surface area contributed by atoms with Crippen LogP contribution in [0.5, 0.6) is 5.75 Å². The predicted molar refractivity (Wildman–Crippen MR) is 132 cm³/mol. The molecule has 1 aliphatic rings. The first-order valence-electron chi connectivity index (χ1n) is 10.9. The number of anilines is 1. The Morgan fingerprint density at radius 2 is 1.80 bits per heavy atom. The number of carbonyl (C=O) groups excluding carboxylic acids is 2. The van der Waals surface area contributed by atoms with Gasteiger partial charge >= 0.3 is 5.97 Å². The van der Waals surface area contributed by atoms with Crippen molar-refractivity contribution in [2.24, 2.45) is 5.92 Å². The van der Waals surface area contributed by atoms with Crippen molar-refractivity contribution in [3.63, 3.8) is 0 Å². The normalized spacial score (nSPS) is 16.5. The molecular weight excluding hydrogens is 490 g/mol.